The Morgan fingerprint density at radius 3 is 2.26 bits per heavy atom. The fourth-order valence-corrected chi connectivity index (χ4v) is 4.08. The molecular weight excluding hydrogens is 460 g/mol. The molecule has 3 aromatic carbocycles. The molecule has 6 heteroatoms. The Labute approximate surface area is 213 Å². The molecule has 0 spiro atoms. The number of methoxy groups -OCH3 is 1. The predicted molar refractivity (Wildman–Crippen MR) is 141 cm³/mol. The number of nitrogens with zero attached hydrogens (tertiary/aromatic N) is 1. The van der Waals surface area contributed by atoms with Gasteiger partial charge >= 0.3 is 0 Å². The number of hydrogen-bond donors (Lipinski definition) is 1. The summed E-state index contributed by atoms with van der Waals surface area (Å²) < 4.78 is 5.38. The number of benzene rings is 3. The lowest BCUT2D eigenvalue weighted by Gasteiger charge is -2.34. The van der Waals surface area contributed by atoms with Crippen LogP contribution < -0.4 is 10.1 Å². The van der Waals surface area contributed by atoms with Crippen LogP contribution >= 0.6 is 11.6 Å². The highest BCUT2D eigenvalue weighted by Gasteiger charge is 2.32. The van der Waals surface area contributed by atoms with E-state index in [1.54, 1.807) is 18.1 Å². The van der Waals surface area contributed by atoms with Crippen molar-refractivity contribution in [2.24, 2.45) is 0 Å². The molecule has 5 nitrogen and oxygen atoms in total. The van der Waals surface area contributed by atoms with Gasteiger partial charge in [0.05, 0.1) is 13.5 Å². The monoisotopic (exact) mass is 492 g/mol. The van der Waals surface area contributed by atoms with Crippen molar-refractivity contribution in [2.45, 2.75) is 51.7 Å². The second-order valence-corrected chi connectivity index (χ2v) is 9.99. The van der Waals surface area contributed by atoms with Gasteiger partial charge in [-0.3, -0.25) is 9.59 Å². The van der Waals surface area contributed by atoms with Crippen molar-refractivity contribution in [1.29, 1.82) is 0 Å². The largest absolute Gasteiger partial charge is 0.497 e. The van der Waals surface area contributed by atoms with Crippen LogP contribution in [0.15, 0.2) is 78.9 Å². The molecule has 35 heavy (non-hydrogen) atoms. The van der Waals surface area contributed by atoms with Gasteiger partial charge in [0, 0.05) is 23.5 Å². The molecule has 0 aromatic heterocycles. The van der Waals surface area contributed by atoms with E-state index in [0.717, 1.165) is 16.7 Å². The van der Waals surface area contributed by atoms with E-state index in [-0.39, 0.29) is 24.8 Å². The molecule has 0 saturated carbocycles. The third-order valence-electron chi connectivity index (χ3n) is 5.56. The van der Waals surface area contributed by atoms with Gasteiger partial charge < -0.3 is 15.0 Å². The number of hydrogen-bond acceptors (Lipinski definition) is 3. The minimum Gasteiger partial charge on any atom is -0.497 e. The number of carbonyl (C=O) groups excluding carboxylic acids is 2. The van der Waals surface area contributed by atoms with Crippen LogP contribution in [0.4, 0.5) is 0 Å². The minimum atomic E-state index is -0.710. The molecule has 0 fully saturated rings. The zero-order valence-electron chi connectivity index (χ0n) is 20.8. The standard InChI is InChI=1S/C29H33ClN2O3/c1-29(2,3)31-28(34)26(18-21-11-6-5-7-12-21)32(20-22-13-10-15-24(17-22)35-4)27(33)19-23-14-8-9-16-25(23)30/h5-17,26H,18-20H2,1-4H3,(H,31,34). The Balaban J connectivity index is 2.01. The highest BCUT2D eigenvalue weighted by Crippen LogP contribution is 2.22. The average molecular weight is 493 g/mol. The van der Waals surface area contributed by atoms with Gasteiger partial charge in [0.2, 0.25) is 11.8 Å². The Hall–Kier alpha value is -3.31. The molecule has 0 bridgehead atoms. The van der Waals surface area contributed by atoms with E-state index < -0.39 is 11.6 Å². The number of carbonyl (C=O) groups is 2. The third-order valence-corrected chi connectivity index (χ3v) is 5.92. The highest BCUT2D eigenvalue weighted by atomic mass is 35.5. The maximum Gasteiger partial charge on any atom is 0.243 e. The van der Waals surface area contributed by atoms with E-state index in [1.807, 2.05) is 93.6 Å². The lowest BCUT2D eigenvalue weighted by molar-refractivity contribution is -0.141. The van der Waals surface area contributed by atoms with Gasteiger partial charge in [0.1, 0.15) is 11.8 Å². The summed E-state index contributed by atoms with van der Waals surface area (Å²) in [7, 11) is 1.61. The lowest BCUT2D eigenvalue weighted by Crippen LogP contribution is -2.54. The number of rotatable bonds is 9. The number of halogens is 1. The van der Waals surface area contributed by atoms with E-state index in [2.05, 4.69) is 5.32 Å². The molecule has 0 aliphatic rings. The quantitative estimate of drug-likeness (QED) is 0.432. The molecule has 0 radical (unpaired) electrons. The SMILES string of the molecule is COc1cccc(CN(C(=O)Cc2ccccc2Cl)C(Cc2ccccc2)C(=O)NC(C)(C)C)c1. The molecule has 0 heterocycles. The minimum absolute atomic E-state index is 0.0950. The average Bonchev–Trinajstić information content (AvgIpc) is 2.82. The molecule has 2 amide bonds. The second-order valence-electron chi connectivity index (χ2n) is 9.59. The maximum absolute atomic E-state index is 13.8. The fourth-order valence-electron chi connectivity index (χ4n) is 3.88. The van der Waals surface area contributed by atoms with Crippen molar-refractivity contribution < 1.29 is 14.3 Å². The summed E-state index contributed by atoms with van der Waals surface area (Å²) in [5, 5.41) is 3.60. The summed E-state index contributed by atoms with van der Waals surface area (Å²) >= 11 is 6.37. The normalized spacial score (nSPS) is 12.0. The van der Waals surface area contributed by atoms with E-state index in [4.69, 9.17) is 16.3 Å². The van der Waals surface area contributed by atoms with E-state index >= 15 is 0 Å². The van der Waals surface area contributed by atoms with Gasteiger partial charge in [0.15, 0.2) is 0 Å². The van der Waals surface area contributed by atoms with Gasteiger partial charge in [-0.25, -0.2) is 0 Å². The molecule has 184 valence electrons. The van der Waals surface area contributed by atoms with Crippen LogP contribution in [0, 0.1) is 0 Å². The smallest absolute Gasteiger partial charge is 0.243 e. The number of amides is 2. The summed E-state index contributed by atoms with van der Waals surface area (Å²) in [6.07, 6.45) is 0.485. The summed E-state index contributed by atoms with van der Waals surface area (Å²) in [6.45, 7) is 6.06. The van der Waals surface area contributed by atoms with Crippen molar-refractivity contribution in [2.75, 3.05) is 7.11 Å². The molecule has 0 aliphatic carbocycles. The Kier molecular flexibility index (Phi) is 8.94. The topological polar surface area (TPSA) is 58.6 Å². The lowest BCUT2D eigenvalue weighted by atomic mass is 9.99. The van der Waals surface area contributed by atoms with Crippen LogP contribution in [-0.2, 0) is 29.0 Å². The molecule has 1 atom stereocenters. The number of ether oxygens (including phenoxy) is 1. The molecular formula is C29H33ClN2O3. The van der Waals surface area contributed by atoms with Gasteiger partial charge in [-0.05, 0) is 55.7 Å². The Bertz CT molecular complexity index is 1140. The molecule has 0 aliphatic heterocycles. The first kappa shape index (κ1) is 26.3. The molecule has 3 aromatic rings. The van der Waals surface area contributed by atoms with Crippen molar-refractivity contribution in [3.8, 4) is 5.75 Å². The summed E-state index contributed by atoms with van der Waals surface area (Å²) in [5.74, 6) is 0.322. The highest BCUT2D eigenvalue weighted by molar-refractivity contribution is 6.31. The zero-order valence-corrected chi connectivity index (χ0v) is 21.5. The summed E-state index contributed by atoms with van der Waals surface area (Å²) in [6, 6.07) is 23.9. The van der Waals surface area contributed by atoms with Crippen LogP contribution in [0.2, 0.25) is 5.02 Å². The summed E-state index contributed by atoms with van der Waals surface area (Å²) in [4.78, 5) is 29.0. The van der Waals surface area contributed by atoms with Crippen LogP contribution in [-0.4, -0.2) is 35.4 Å². The van der Waals surface area contributed by atoms with Crippen LogP contribution in [0.5, 0.6) is 5.75 Å². The Morgan fingerprint density at radius 1 is 0.943 bits per heavy atom. The van der Waals surface area contributed by atoms with Gasteiger partial charge in [-0.1, -0.05) is 72.3 Å². The first-order valence-corrected chi connectivity index (χ1v) is 12.1. The van der Waals surface area contributed by atoms with Crippen LogP contribution in [0.25, 0.3) is 0 Å². The number of nitrogens with one attached hydrogen (secondary N) is 1. The van der Waals surface area contributed by atoms with E-state index in [9.17, 15) is 9.59 Å². The maximum atomic E-state index is 13.8. The summed E-state index contributed by atoms with van der Waals surface area (Å²) in [5.41, 5.74) is 2.13. The third kappa shape index (κ3) is 7.86. The van der Waals surface area contributed by atoms with Crippen LogP contribution in [0.1, 0.15) is 37.5 Å². The predicted octanol–water partition coefficient (Wildman–Crippen LogP) is 5.45. The molecule has 1 unspecified atom stereocenters. The fraction of sp³-hybridized carbons (Fsp3) is 0.310. The van der Waals surface area contributed by atoms with E-state index in [1.165, 1.54) is 0 Å². The van der Waals surface area contributed by atoms with Crippen molar-refractivity contribution in [1.82, 2.24) is 10.2 Å². The van der Waals surface area contributed by atoms with Crippen molar-refractivity contribution in [3.63, 3.8) is 0 Å². The van der Waals surface area contributed by atoms with Gasteiger partial charge in [-0.2, -0.15) is 0 Å². The molecule has 3 rings (SSSR count). The molecule has 0 saturated heterocycles. The molecule has 1 N–H and O–H groups in total. The van der Waals surface area contributed by atoms with E-state index in [0.29, 0.717) is 17.2 Å². The first-order valence-electron chi connectivity index (χ1n) is 11.7. The first-order chi connectivity index (χ1) is 16.7. The van der Waals surface area contributed by atoms with Gasteiger partial charge in [-0.15, -0.1) is 0 Å². The zero-order chi connectivity index (χ0) is 25.4. The van der Waals surface area contributed by atoms with Gasteiger partial charge in [0.25, 0.3) is 0 Å². The van der Waals surface area contributed by atoms with Crippen molar-refractivity contribution >= 4 is 23.4 Å². The Morgan fingerprint density at radius 2 is 1.60 bits per heavy atom. The van der Waals surface area contributed by atoms with Crippen LogP contribution in [0.3, 0.4) is 0 Å². The second kappa shape index (κ2) is 11.9. The van der Waals surface area contributed by atoms with Crippen molar-refractivity contribution in [3.05, 3.63) is 101 Å².